The van der Waals surface area contributed by atoms with Crippen molar-refractivity contribution < 1.29 is 13.2 Å². The fourth-order valence-electron chi connectivity index (χ4n) is 1.50. The van der Waals surface area contributed by atoms with Crippen molar-refractivity contribution in [1.82, 2.24) is 15.0 Å². The summed E-state index contributed by atoms with van der Waals surface area (Å²) in [5, 5.41) is 0. The first kappa shape index (κ1) is 14.0. The Morgan fingerprint density at radius 2 is 2.10 bits per heavy atom. The number of nitrogen functional groups attached to an aromatic ring is 1. The summed E-state index contributed by atoms with van der Waals surface area (Å²) in [4.78, 5) is 11.5. The maximum Gasteiger partial charge on any atom is 0.267 e. The quantitative estimate of drug-likeness (QED) is 0.846. The number of methoxy groups -OCH3 is 1. The van der Waals surface area contributed by atoms with Gasteiger partial charge in [0.2, 0.25) is 11.8 Å². The number of nitrogens with zero attached hydrogens (tertiary/aromatic N) is 3. The van der Waals surface area contributed by atoms with Crippen LogP contribution in [0.2, 0.25) is 0 Å². The molecule has 9 heteroatoms. The predicted octanol–water partition coefficient (Wildman–Crippen LogP) is 0.572. The summed E-state index contributed by atoms with van der Waals surface area (Å²) in [5.41, 5.74) is 6.11. The van der Waals surface area contributed by atoms with Gasteiger partial charge in [-0.15, -0.1) is 0 Å². The third kappa shape index (κ3) is 2.94. The van der Waals surface area contributed by atoms with Crippen molar-refractivity contribution in [2.24, 2.45) is 0 Å². The van der Waals surface area contributed by atoms with Gasteiger partial charge in [-0.25, -0.2) is 23.1 Å². The molecule has 0 aromatic carbocycles. The molecule has 0 amide bonds. The Morgan fingerprint density at radius 3 is 2.75 bits per heavy atom. The third-order valence-corrected chi connectivity index (χ3v) is 3.73. The number of hydrogen-bond donors (Lipinski definition) is 2. The second kappa shape index (κ2) is 5.29. The van der Waals surface area contributed by atoms with Crippen LogP contribution in [-0.4, -0.2) is 30.5 Å². The van der Waals surface area contributed by atoms with Crippen LogP contribution >= 0.6 is 0 Å². The molecule has 2 aromatic rings. The number of aromatic nitrogens is 3. The van der Waals surface area contributed by atoms with E-state index in [1.807, 2.05) is 0 Å². The fourth-order valence-corrected chi connectivity index (χ4v) is 2.52. The van der Waals surface area contributed by atoms with Crippen LogP contribution in [0.1, 0.15) is 5.69 Å². The summed E-state index contributed by atoms with van der Waals surface area (Å²) in [6, 6.07) is 4.40. The normalized spacial score (nSPS) is 11.1. The molecule has 0 unspecified atom stereocenters. The van der Waals surface area contributed by atoms with Crippen molar-refractivity contribution in [3.8, 4) is 5.88 Å². The lowest BCUT2D eigenvalue weighted by molar-refractivity contribution is 0.397. The van der Waals surface area contributed by atoms with Gasteiger partial charge in [-0.05, 0) is 19.1 Å². The first-order valence-corrected chi connectivity index (χ1v) is 7.03. The molecule has 0 radical (unpaired) electrons. The maximum atomic E-state index is 12.2. The zero-order valence-corrected chi connectivity index (χ0v) is 11.7. The van der Waals surface area contributed by atoms with E-state index in [4.69, 9.17) is 10.5 Å². The number of anilines is 2. The van der Waals surface area contributed by atoms with Crippen molar-refractivity contribution in [3.05, 3.63) is 30.1 Å². The van der Waals surface area contributed by atoms with Crippen LogP contribution in [0.15, 0.2) is 29.3 Å². The number of nitrogens with one attached hydrogen (secondary N) is 1. The molecule has 3 N–H and O–H groups in total. The number of hydrogen-bond acceptors (Lipinski definition) is 7. The number of ether oxygens (including phenoxy) is 1. The lowest BCUT2D eigenvalue weighted by Crippen LogP contribution is -2.17. The molecule has 0 aliphatic heterocycles. The van der Waals surface area contributed by atoms with Gasteiger partial charge in [0.1, 0.15) is 10.7 Å². The van der Waals surface area contributed by atoms with E-state index in [-0.39, 0.29) is 22.5 Å². The van der Waals surface area contributed by atoms with Crippen LogP contribution in [0.5, 0.6) is 5.88 Å². The molecule has 2 heterocycles. The molecule has 0 saturated carbocycles. The van der Waals surface area contributed by atoms with E-state index in [9.17, 15) is 8.42 Å². The zero-order chi connectivity index (χ0) is 14.8. The minimum Gasteiger partial charge on any atom is -0.481 e. The minimum absolute atomic E-state index is 0.0925. The molecule has 0 saturated heterocycles. The van der Waals surface area contributed by atoms with E-state index in [2.05, 4.69) is 19.7 Å². The topological polar surface area (TPSA) is 120 Å². The van der Waals surface area contributed by atoms with E-state index in [1.54, 1.807) is 13.0 Å². The summed E-state index contributed by atoms with van der Waals surface area (Å²) in [7, 11) is -2.47. The van der Waals surface area contributed by atoms with Gasteiger partial charge in [-0.2, -0.15) is 4.98 Å². The van der Waals surface area contributed by atoms with E-state index in [0.29, 0.717) is 5.69 Å². The van der Waals surface area contributed by atoms with Crippen molar-refractivity contribution in [3.63, 3.8) is 0 Å². The monoisotopic (exact) mass is 295 g/mol. The Hall–Kier alpha value is -2.42. The van der Waals surface area contributed by atoms with Crippen LogP contribution in [-0.2, 0) is 10.0 Å². The molecule has 106 valence electrons. The molecule has 0 spiro atoms. The van der Waals surface area contributed by atoms with Crippen LogP contribution in [0, 0.1) is 6.92 Å². The summed E-state index contributed by atoms with van der Waals surface area (Å²) >= 11 is 0. The molecule has 2 aromatic heterocycles. The highest BCUT2D eigenvalue weighted by atomic mass is 32.2. The minimum atomic E-state index is -3.90. The highest BCUT2D eigenvalue weighted by Crippen LogP contribution is 2.19. The third-order valence-electron chi connectivity index (χ3n) is 2.35. The van der Waals surface area contributed by atoms with E-state index in [0.717, 1.165) is 0 Å². The Morgan fingerprint density at radius 1 is 1.35 bits per heavy atom. The average Bonchev–Trinajstić information content (AvgIpc) is 2.37. The molecule has 0 bridgehead atoms. The Bertz CT molecular complexity index is 733. The lowest BCUT2D eigenvalue weighted by atomic mass is 10.4. The molecule has 0 aliphatic carbocycles. The van der Waals surface area contributed by atoms with Crippen LogP contribution in [0.3, 0.4) is 0 Å². The fraction of sp³-hybridized carbons (Fsp3) is 0.182. The summed E-state index contributed by atoms with van der Waals surface area (Å²) in [5.74, 6) is 0.0686. The van der Waals surface area contributed by atoms with E-state index in [1.165, 1.54) is 25.4 Å². The number of nitrogens with two attached hydrogens (primary N) is 1. The second-order valence-electron chi connectivity index (χ2n) is 3.87. The Kier molecular flexibility index (Phi) is 3.70. The van der Waals surface area contributed by atoms with Crippen molar-refractivity contribution in [1.29, 1.82) is 0 Å². The van der Waals surface area contributed by atoms with Gasteiger partial charge in [-0.3, -0.25) is 0 Å². The largest absolute Gasteiger partial charge is 0.481 e. The standard InChI is InChI=1S/C11H13N5O3S/c1-7-6-9(19-2)15-11(14-7)16-20(17,18)8-4-3-5-13-10(8)12/h3-6H,1-2H3,(H2,12,13)(H,14,15,16). The Labute approximate surface area is 116 Å². The van der Waals surface area contributed by atoms with Crippen LogP contribution < -0.4 is 15.2 Å². The van der Waals surface area contributed by atoms with E-state index >= 15 is 0 Å². The molecule has 0 fully saturated rings. The highest BCUT2D eigenvalue weighted by molar-refractivity contribution is 7.92. The average molecular weight is 295 g/mol. The maximum absolute atomic E-state index is 12.2. The Balaban J connectivity index is 2.38. The van der Waals surface area contributed by atoms with Gasteiger partial charge >= 0.3 is 0 Å². The molecule has 0 aliphatic rings. The molecule has 20 heavy (non-hydrogen) atoms. The van der Waals surface area contributed by atoms with Crippen molar-refractivity contribution >= 4 is 21.8 Å². The number of sulfonamides is 1. The first-order chi connectivity index (χ1) is 9.42. The summed E-state index contributed by atoms with van der Waals surface area (Å²) < 4.78 is 31.6. The smallest absolute Gasteiger partial charge is 0.267 e. The van der Waals surface area contributed by atoms with Gasteiger partial charge in [0.15, 0.2) is 0 Å². The predicted molar refractivity (Wildman–Crippen MR) is 72.8 cm³/mol. The van der Waals surface area contributed by atoms with Crippen molar-refractivity contribution in [2.75, 3.05) is 17.6 Å². The molecule has 8 nitrogen and oxygen atoms in total. The second-order valence-corrected chi connectivity index (χ2v) is 5.52. The van der Waals surface area contributed by atoms with Gasteiger partial charge in [0.25, 0.3) is 10.0 Å². The van der Waals surface area contributed by atoms with Gasteiger partial charge in [0, 0.05) is 18.0 Å². The molecular weight excluding hydrogens is 282 g/mol. The molecular formula is C11H13N5O3S. The van der Waals surface area contributed by atoms with Crippen molar-refractivity contribution in [2.45, 2.75) is 11.8 Å². The van der Waals surface area contributed by atoms with Gasteiger partial charge < -0.3 is 10.5 Å². The SMILES string of the molecule is COc1cc(C)nc(NS(=O)(=O)c2cccnc2N)n1. The highest BCUT2D eigenvalue weighted by Gasteiger charge is 2.19. The van der Waals surface area contributed by atoms with E-state index < -0.39 is 10.0 Å². The van der Waals surface area contributed by atoms with Gasteiger partial charge in [-0.1, -0.05) is 0 Å². The van der Waals surface area contributed by atoms with Gasteiger partial charge in [0.05, 0.1) is 7.11 Å². The number of pyridine rings is 1. The first-order valence-electron chi connectivity index (χ1n) is 5.55. The van der Waals surface area contributed by atoms with Crippen LogP contribution in [0.4, 0.5) is 11.8 Å². The zero-order valence-electron chi connectivity index (χ0n) is 10.9. The lowest BCUT2D eigenvalue weighted by Gasteiger charge is -2.09. The molecule has 0 atom stereocenters. The molecule has 2 rings (SSSR count). The number of rotatable bonds is 4. The summed E-state index contributed by atoms with van der Waals surface area (Å²) in [6.07, 6.45) is 1.40. The number of aryl methyl sites for hydroxylation is 1. The van der Waals surface area contributed by atoms with Crippen LogP contribution in [0.25, 0.3) is 0 Å². The summed E-state index contributed by atoms with van der Waals surface area (Å²) in [6.45, 7) is 1.69.